The summed E-state index contributed by atoms with van der Waals surface area (Å²) in [6, 6.07) is 2.96. The van der Waals surface area contributed by atoms with Crippen LogP contribution in [0.3, 0.4) is 0 Å². The van der Waals surface area contributed by atoms with Gasteiger partial charge in [-0.3, -0.25) is 9.59 Å². The highest BCUT2D eigenvalue weighted by Crippen LogP contribution is 2.39. The number of fused-ring (bicyclic) bond motifs is 1. The zero-order valence-electron chi connectivity index (χ0n) is 10.1. The molecular formula is C12H12ClNO5. The summed E-state index contributed by atoms with van der Waals surface area (Å²) in [6.45, 7) is 1.62. The van der Waals surface area contributed by atoms with Gasteiger partial charge in [-0.15, -0.1) is 0 Å². The SMILES string of the molecule is CC(CNC(=O)c1cc(Cl)c2c(c1)OCO2)C(=O)O. The van der Waals surface area contributed by atoms with Crippen LogP contribution in [0.4, 0.5) is 0 Å². The van der Waals surface area contributed by atoms with Crippen molar-refractivity contribution in [2.75, 3.05) is 13.3 Å². The molecule has 1 unspecified atom stereocenters. The van der Waals surface area contributed by atoms with Crippen molar-refractivity contribution in [2.24, 2.45) is 5.92 Å². The van der Waals surface area contributed by atoms with Crippen molar-refractivity contribution >= 4 is 23.5 Å². The molecule has 7 heteroatoms. The highest BCUT2D eigenvalue weighted by Gasteiger charge is 2.21. The Morgan fingerprint density at radius 2 is 2.21 bits per heavy atom. The highest BCUT2D eigenvalue weighted by atomic mass is 35.5. The van der Waals surface area contributed by atoms with Crippen molar-refractivity contribution < 1.29 is 24.2 Å². The van der Waals surface area contributed by atoms with E-state index in [2.05, 4.69) is 5.32 Å². The summed E-state index contributed by atoms with van der Waals surface area (Å²) in [5.41, 5.74) is 0.298. The largest absolute Gasteiger partial charge is 0.481 e. The number of nitrogens with one attached hydrogen (secondary N) is 1. The van der Waals surface area contributed by atoms with Crippen LogP contribution in [-0.2, 0) is 4.79 Å². The minimum absolute atomic E-state index is 0.0419. The Morgan fingerprint density at radius 1 is 1.47 bits per heavy atom. The first-order valence-electron chi connectivity index (χ1n) is 5.59. The number of carboxylic acids is 1. The Labute approximate surface area is 114 Å². The van der Waals surface area contributed by atoms with E-state index in [9.17, 15) is 9.59 Å². The van der Waals surface area contributed by atoms with E-state index >= 15 is 0 Å². The van der Waals surface area contributed by atoms with Crippen LogP contribution >= 0.6 is 11.6 Å². The smallest absolute Gasteiger partial charge is 0.308 e. The van der Waals surface area contributed by atoms with E-state index in [1.807, 2.05) is 0 Å². The van der Waals surface area contributed by atoms with Gasteiger partial charge in [0, 0.05) is 12.1 Å². The second-order valence-corrected chi connectivity index (χ2v) is 4.55. The van der Waals surface area contributed by atoms with Gasteiger partial charge >= 0.3 is 5.97 Å². The topological polar surface area (TPSA) is 84.9 Å². The van der Waals surface area contributed by atoms with Gasteiger partial charge in [0.15, 0.2) is 11.5 Å². The quantitative estimate of drug-likeness (QED) is 0.876. The molecule has 102 valence electrons. The fraction of sp³-hybridized carbons (Fsp3) is 0.333. The molecule has 1 heterocycles. The van der Waals surface area contributed by atoms with Crippen molar-refractivity contribution in [1.29, 1.82) is 0 Å². The number of hydrogen-bond acceptors (Lipinski definition) is 4. The van der Waals surface area contributed by atoms with Crippen molar-refractivity contribution in [3.05, 3.63) is 22.7 Å². The minimum Gasteiger partial charge on any atom is -0.481 e. The van der Waals surface area contributed by atoms with Gasteiger partial charge in [0.25, 0.3) is 5.91 Å². The van der Waals surface area contributed by atoms with E-state index in [1.54, 1.807) is 0 Å². The van der Waals surface area contributed by atoms with Crippen LogP contribution in [0, 0.1) is 5.92 Å². The Balaban J connectivity index is 2.08. The molecule has 0 aromatic heterocycles. The maximum absolute atomic E-state index is 11.9. The third kappa shape index (κ3) is 2.90. The molecule has 1 aliphatic rings. The molecule has 1 aromatic carbocycles. The summed E-state index contributed by atoms with van der Waals surface area (Å²) in [7, 11) is 0. The molecule has 6 nitrogen and oxygen atoms in total. The van der Waals surface area contributed by atoms with Crippen LogP contribution in [0.1, 0.15) is 17.3 Å². The van der Waals surface area contributed by atoms with E-state index in [0.717, 1.165) is 0 Å². The first-order valence-corrected chi connectivity index (χ1v) is 5.97. The summed E-state index contributed by atoms with van der Waals surface area (Å²) >= 11 is 5.95. The number of hydrogen-bond donors (Lipinski definition) is 2. The number of halogens is 1. The summed E-state index contributed by atoms with van der Waals surface area (Å²) < 4.78 is 10.3. The van der Waals surface area contributed by atoms with Gasteiger partial charge in [-0.05, 0) is 12.1 Å². The molecular weight excluding hydrogens is 274 g/mol. The van der Waals surface area contributed by atoms with Crippen molar-refractivity contribution in [3.63, 3.8) is 0 Å². The maximum atomic E-state index is 11.9. The Hall–Kier alpha value is -1.95. The van der Waals surface area contributed by atoms with Crippen LogP contribution in [0.2, 0.25) is 5.02 Å². The van der Waals surface area contributed by atoms with Crippen molar-refractivity contribution in [3.8, 4) is 11.5 Å². The van der Waals surface area contributed by atoms with Crippen LogP contribution in [0.15, 0.2) is 12.1 Å². The number of aliphatic carboxylic acids is 1. The molecule has 2 rings (SSSR count). The minimum atomic E-state index is -0.969. The molecule has 1 atom stereocenters. The predicted molar refractivity (Wildman–Crippen MR) is 66.7 cm³/mol. The van der Waals surface area contributed by atoms with Gasteiger partial charge < -0.3 is 19.9 Å². The Morgan fingerprint density at radius 3 is 2.89 bits per heavy atom. The third-order valence-corrected chi connectivity index (χ3v) is 2.96. The van der Waals surface area contributed by atoms with E-state index in [-0.39, 0.29) is 18.4 Å². The first kappa shape index (κ1) is 13.5. The molecule has 0 saturated carbocycles. The van der Waals surface area contributed by atoms with Gasteiger partial charge in [0.1, 0.15) is 0 Å². The summed E-state index contributed by atoms with van der Waals surface area (Å²) in [6.07, 6.45) is 0. The van der Waals surface area contributed by atoms with Crippen molar-refractivity contribution in [1.82, 2.24) is 5.32 Å². The van der Waals surface area contributed by atoms with E-state index in [1.165, 1.54) is 19.1 Å². The van der Waals surface area contributed by atoms with E-state index in [0.29, 0.717) is 17.1 Å². The molecule has 1 aliphatic heterocycles. The lowest BCUT2D eigenvalue weighted by Crippen LogP contribution is -2.31. The lowest BCUT2D eigenvalue weighted by atomic mass is 10.1. The van der Waals surface area contributed by atoms with Gasteiger partial charge in [0.05, 0.1) is 10.9 Å². The van der Waals surface area contributed by atoms with Gasteiger partial charge in [-0.1, -0.05) is 18.5 Å². The monoisotopic (exact) mass is 285 g/mol. The molecule has 0 spiro atoms. The Bertz CT molecular complexity index is 531. The molecule has 2 N–H and O–H groups in total. The zero-order chi connectivity index (χ0) is 14.0. The number of rotatable bonds is 4. The van der Waals surface area contributed by atoms with E-state index in [4.69, 9.17) is 26.2 Å². The number of ether oxygens (including phenoxy) is 2. The predicted octanol–water partition coefficient (Wildman–Crippen LogP) is 1.52. The molecule has 1 aromatic rings. The zero-order valence-corrected chi connectivity index (χ0v) is 10.9. The molecule has 0 fully saturated rings. The highest BCUT2D eigenvalue weighted by molar-refractivity contribution is 6.32. The maximum Gasteiger partial charge on any atom is 0.308 e. The summed E-state index contributed by atoms with van der Waals surface area (Å²) in [5.74, 6) is -1.22. The van der Waals surface area contributed by atoms with Gasteiger partial charge in [-0.2, -0.15) is 0 Å². The number of benzene rings is 1. The second-order valence-electron chi connectivity index (χ2n) is 4.14. The fourth-order valence-corrected chi connectivity index (χ4v) is 1.80. The average molecular weight is 286 g/mol. The standard InChI is InChI=1S/C12H12ClNO5/c1-6(12(16)17)4-14-11(15)7-2-8(13)10-9(3-7)18-5-19-10/h2-3,6H,4-5H2,1H3,(H,14,15)(H,16,17). The number of amides is 1. The molecule has 0 bridgehead atoms. The lowest BCUT2D eigenvalue weighted by Gasteiger charge is -2.09. The molecule has 0 radical (unpaired) electrons. The van der Waals surface area contributed by atoms with Gasteiger partial charge in [0.2, 0.25) is 6.79 Å². The average Bonchev–Trinajstić information content (AvgIpc) is 2.83. The van der Waals surface area contributed by atoms with Crippen LogP contribution < -0.4 is 14.8 Å². The molecule has 19 heavy (non-hydrogen) atoms. The van der Waals surface area contributed by atoms with Crippen molar-refractivity contribution in [2.45, 2.75) is 6.92 Å². The molecule has 0 saturated heterocycles. The van der Waals surface area contributed by atoms with Gasteiger partial charge in [-0.25, -0.2) is 0 Å². The molecule has 0 aliphatic carbocycles. The summed E-state index contributed by atoms with van der Waals surface area (Å²) in [5, 5.41) is 11.5. The normalized spacial score (nSPS) is 14.0. The summed E-state index contributed by atoms with van der Waals surface area (Å²) in [4.78, 5) is 22.5. The van der Waals surface area contributed by atoms with Crippen LogP contribution in [0.5, 0.6) is 11.5 Å². The number of carboxylic acid groups (broad SMARTS) is 1. The van der Waals surface area contributed by atoms with Crippen LogP contribution in [-0.4, -0.2) is 30.3 Å². The number of carbonyl (C=O) groups is 2. The third-order valence-electron chi connectivity index (χ3n) is 2.68. The van der Waals surface area contributed by atoms with E-state index < -0.39 is 17.8 Å². The molecule has 1 amide bonds. The Kier molecular flexibility index (Phi) is 3.80. The fourth-order valence-electron chi connectivity index (χ4n) is 1.53. The first-order chi connectivity index (χ1) is 8.99. The second kappa shape index (κ2) is 5.36. The lowest BCUT2D eigenvalue weighted by molar-refractivity contribution is -0.140. The number of carbonyl (C=O) groups excluding carboxylic acids is 1. The van der Waals surface area contributed by atoms with Crippen LogP contribution in [0.25, 0.3) is 0 Å².